The summed E-state index contributed by atoms with van der Waals surface area (Å²) in [5.41, 5.74) is 0.362. The third-order valence-corrected chi connectivity index (χ3v) is 6.58. The van der Waals surface area contributed by atoms with Gasteiger partial charge in [0.2, 0.25) is 0 Å². The molecule has 1 saturated heterocycles. The van der Waals surface area contributed by atoms with E-state index in [1.54, 1.807) is 11.3 Å². The van der Waals surface area contributed by atoms with E-state index < -0.39 is 17.6 Å². The number of nitrogens with zero attached hydrogens (tertiary/aromatic N) is 5. The SMILES string of the molecule is O=C(c1ccccc1C(F)(F)F)N1CCN(c2ccc(-c3nc4ccccc4s3)nn2)CC1. The van der Waals surface area contributed by atoms with Crippen LogP contribution in [0.15, 0.2) is 60.7 Å². The van der Waals surface area contributed by atoms with Crippen molar-refractivity contribution in [2.45, 2.75) is 6.18 Å². The minimum Gasteiger partial charge on any atom is -0.352 e. The number of halogens is 3. The summed E-state index contributed by atoms with van der Waals surface area (Å²) in [6.45, 7) is 1.50. The highest BCUT2D eigenvalue weighted by molar-refractivity contribution is 7.21. The second kappa shape index (κ2) is 8.43. The molecule has 33 heavy (non-hydrogen) atoms. The topological polar surface area (TPSA) is 62.2 Å². The number of anilines is 1. The summed E-state index contributed by atoms with van der Waals surface area (Å²) in [5, 5.41) is 9.41. The molecule has 0 spiro atoms. The van der Waals surface area contributed by atoms with E-state index in [9.17, 15) is 18.0 Å². The van der Waals surface area contributed by atoms with Crippen LogP contribution in [0.25, 0.3) is 20.9 Å². The fourth-order valence-electron chi connectivity index (χ4n) is 3.82. The van der Waals surface area contributed by atoms with Crippen molar-refractivity contribution in [1.29, 1.82) is 0 Å². The average Bonchev–Trinajstić information content (AvgIpc) is 3.28. The molecule has 4 aromatic rings. The minimum absolute atomic E-state index is 0.298. The number of para-hydroxylation sites is 1. The summed E-state index contributed by atoms with van der Waals surface area (Å²) < 4.78 is 40.9. The van der Waals surface area contributed by atoms with Crippen molar-refractivity contribution in [1.82, 2.24) is 20.1 Å². The Balaban J connectivity index is 1.26. The number of carbonyl (C=O) groups excluding carboxylic acids is 1. The Labute approximate surface area is 191 Å². The molecule has 1 amide bonds. The summed E-state index contributed by atoms with van der Waals surface area (Å²) in [6, 6.07) is 16.5. The molecule has 1 fully saturated rings. The van der Waals surface area contributed by atoms with Gasteiger partial charge in [-0.1, -0.05) is 24.3 Å². The molecule has 0 atom stereocenters. The van der Waals surface area contributed by atoms with E-state index >= 15 is 0 Å². The van der Waals surface area contributed by atoms with Gasteiger partial charge in [0, 0.05) is 26.2 Å². The van der Waals surface area contributed by atoms with Gasteiger partial charge in [-0.2, -0.15) is 13.2 Å². The van der Waals surface area contributed by atoms with Crippen molar-refractivity contribution in [3.63, 3.8) is 0 Å². The second-order valence-corrected chi connectivity index (χ2v) is 8.62. The number of carbonyl (C=O) groups is 1. The number of thiazole rings is 1. The highest BCUT2D eigenvalue weighted by atomic mass is 32.1. The van der Waals surface area contributed by atoms with Gasteiger partial charge >= 0.3 is 6.18 Å². The van der Waals surface area contributed by atoms with E-state index in [-0.39, 0.29) is 5.56 Å². The third-order valence-electron chi connectivity index (χ3n) is 5.52. The van der Waals surface area contributed by atoms with Crippen LogP contribution in [0.5, 0.6) is 0 Å². The van der Waals surface area contributed by atoms with Crippen molar-refractivity contribution in [3.05, 3.63) is 71.8 Å². The fourth-order valence-corrected chi connectivity index (χ4v) is 4.75. The van der Waals surface area contributed by atoms with E-state index in [0.29, 0.717) is 37.7 Å². The average molecular weight is 469 g/mol. The molecule has 0 aliphatic carbocycles. The highest BCUT2D eigenvalue weighted by Crippen LogP contribution is 2.33. The highest BCUT2D eigenvalue weighted by Gasteiger charge is 2.36. The molecule has 0 radical (unpaired) electrons. The molecular formula is C23H18F3N5OS. The van der Waals surface area contributed by atoms with Crippen molar-refractivity contribution >= 4 is 33.3 Å². The first-order valence-corrected chi connectivity index (χ1v) is 11.1. The third kappa shape index (κ3) is 4.25. The molecule has 1 aliphatic rings. The van der Waals surface area contributed by atoms with Crippen molar-refractivity contribution in [2.75, 3.05) is 31.1 Å². The zero-order chi connectivity index (χ0) is 23.0. The van der Waals surface area contributed by atoms with Crippen LogP contribution in [0.3, 0.4) is 0 Å². The lowest BCUT2D eigenvalue weighted by Crippen LogP contribution is -2.49. The predicted molar refractivity (Wildman–Crippen MR) is 120 cm³/mol. The number of fused-ring (bicyclic) bond motifs is 1. The fraction of sp³-hybridized carbons (Fsp3) is 0.217. The van der Waals surface area contributed by atoms with Crippen LogP contribution in [0.1, 0.15) is 15.9 Å². The Morgan fingerprint density at radius 2 is 1.61 bits per heavy atom. The largest absolute Gasteiger partial charge is 0.417 e. The Bertz CT molecular complexity index is 1260. The summed E-state index contributed by atoms with van der Waals surface area (Å²) in [5.74, 6) is 0.0440. The van der Waals surface area contributed by atoms with E-state index in [0.717, 1.165) is 21.3 Å². The molecule has 5 rings (SSSR count). The zero-order valence-corrected chi connectivity index (χ0v) is 18.1. The number of rotatable bonds is 3. The van der Waals surface area contributed by atoms with E-state index in [4.69, 9.17) is 0 Å². The lowest BCUT2D eigenvalue weighted by molar-refractivity contribution is -0.138. The number of benzene rings is 2. The first-order valence-electron chi connectivity index (χ1n) is 10.3. The quantitative estimate of drug-likeness (QED) is 0.434. The second-order valence-electron chi connectivity index (χ2n) is 7.59. The van der Waals surface area contributed by atoms with Crippen LogP contribution in [0, 0.1) is 0 Å². The minimum atomic E-state index is -4.57. The number of hydrogen-bond acceptors (Lipinski definition) is 6. The number of piperazine rings is 1. The number of aromatic nitrogens is 3. The first kappa shape index (κ1) is 21.3. The van der Waals surface area contributed by atoms with E-state index in [1.807, 2.05) is 41.3 Å². The van der Waals surface area contributed by atoms with Gasteiger partial charge in [0.15, 0.2) is 5.82 Å². The molecule has 0 saturated carbocycles. The number of hydrogen-bond donors (Lipinski definition) is 0. The maximum Gasteiger partial charge on any atom is 0.417 e. The maximum absolute atomic E-state index is 13.3. The molecule has 168 valence electrons. The number of amides is 1. The molecule has 0 N–H and O–H groups in total. The lowest BCUT2D eigenvalue weighted by atomic mass is 10.1. The van der Waals surface area contributed by atoms with Crippen molar-refractivity contribution < 1.29 is 18.0 Å². The van der Waals surface area contributed by atoms with Crippen LogP contribution in [0.2, 0.25) is 0 Å². The molecule has 3 heterocycles. The van der Waals surface area contributed by atoms with Gasteiger partial charge in [-0.05, 0) is 36.4 Å². The molecule has 10 heteroatoms. The Morgan fingerprint density at radius 3 is 2.30 bits per heavy atom. The standard InChI is InChI=1S/C23H18F3N5OS/c24-23(25,26)16-6-2-1-5-15(16)22(32)31-13-11-30(12-14-31)20-10-9-18(28-29-20)21-27-17-7-3-4-8-19(17)33-21/h1-10H,11-14H2. The van der Waals surface area contributed by atoms with Crippen LogP contribution in [-0.4, -0.2) is 52.2 Å². The summed E-state index contributed by atoms with van der Waals surface area (Å²) in [4.78, 5) is 20.8. The van der Waals surface area contributed by atoms with Crippen molar-refractivity contribution in [3.8, 4) is 10.7 Å². The molecule has 0 unspecified atom stereocenters. The van der Waals surface area contributed by atoms with Gasteiger partial charge in [0.1, 0.15) is 10.7 Å². The molecule has 2 aromatic heterocycles. The maximum atomic E-state index is 13.3. The summed E-state index contributed by atoms with van der Waals surface area (Å²) >= 11 is 1.54. The van der Waals surface area contributed by atoms with Crippen LogP contribution >= 0.6 is 11.3 Å². The summed E-state index contributed by atoms with van der Waals surface area (Å²) in [6.07, 6.45) is -4.57. The molecular weight excluding hydrogens is 451 g/mol. The van der Waals surface area contributed by atoms with E-state index in [2.05, 4.69) is 15.2 Å². The normalized spacial score (nSPS) is 14.6. The Hall–Kier alpha value is -3.53. The van der Waals surface area contributed by atoms with Crippen LogP contribution < -0.4 is 4.90 Å². The smallest absolute Gasteiger partial charge is 0.352 e. The predicted octanol–water partition coefficient (Wildman–Crippen LogP) is 4.73. The monoisotopic (exact) mass is 469 g/mol. The number of alkyl halides is 3. The zero-order valence-electron chi connectivity index (χ0n) is 17.3. The molecule has 6 nitrogen and oxygen atoms in total. The molecule has 0 bridgehead atoms. The Kier molecular flexibility index (Phi) is 5.45. The Morgan fingerprint density at radius 1 is 0.879 bits per heavy atom. The van der Waals surface area contributed by atoms with Gasteiger partial charge in [-0.25, -0.2) is 4.98 Å². The summed E-state index contributed by atoms with van der Waals surface area (Å²) in [7, 11) is 0. The first-order chi connectivity index (χ1) is 15.9. The van der Waals surface area contributed by atoms with Gasteiger partial charge in [-0.15, -0.1) is 21.5 Å². The van der Waals surface area contributed by atoms with Gasteiger partial charge in [0.25, 0.3) is 5.91 Å². The molecule has 1 aliphatic heterocycles. The molecule has 2 aromatic carbocycles. The van der Waals surface area contributed by atoms with Crippen molar-refractivity contribution in [2.24, 2.45) is 0 Å². The lowest BCUT2D eigenvalue weighted by Gasteiger charge is -2.35. The van der Waals surface area contributed by atoms with Gasteiger partial charge in [-0.3, -0.25) is 4.79 Å². The van der Waals surface area contributed by atoms with Gasteiger partial charge < -0.3 is 9.80 Å². The van der Waals surface area contributed by atoms with Gasteiger partial charge in [0.05, 0.1) is 21.3 Å². The van der Waals surface area contributed by atoms with Crippen LogP contribution in [0.4, 0.5) is 19.0 Å². The van der Waals surface area contributed by atoms with Crippen LogP contribution in [-0.2, 0) is 6.18 Å². The van der Waals surface area contributed by atoms with E-state index in [1.165, 1.54) is 23.1 Å².